The van der Waals surface area contributed by atoms with Crippen LogP contribution in [0.4, 0.5) is 0 Å². The summed E-state index contributed by atoms with van der Waals surface area (Å²) in [5, 5.41) is 32.9. The number of fused-ring (bicyclic) bond motifs is 5. The molecule has 0 saturated heterocycles. The Bertz CT molecular complexity index is 741. The minimum absolute atomic E-state index is 0.271. The Balaban J connectivity index is 1.61. The van der Waals surface area contributed by atoms with Gasteiger partial charge in [-0.2, -0.15) is 0 Å². The Kier molecular flexibility index (Phi) is 6.06. The lowest BCUT2D eigenvalue weighted by Gasteiger charge is -2.62. The zero-order valence-electron chi connectivity index (χ0n) is 20.6. The zero-order valence-corrected chi connectivity index (χ0v) is 20.6. The topological polar surface area (TPSA) is 60.7 Å². The molecule has 31 heavy (non-hydrogen) atoms. The van der Waals surface area contributed by atoms with Crippen LogP contribution in [0, 0.1) is 46.3 Å². The standard InChI is InChI=1S/C28H46O3/c1-17(2)18(3)7-8-19(4)22-9-10-23-21-15-25(30)28(31)16-20(29)11-14-27(28,6)24(21)12-13-26(22,23)5/h7-8,15,17-20,22-25,29-31H,9-14,16H2,1-6H3/b8-7+/t18-,19-,20-,22+,23-,24-,25+,26+,27+,28-/m0/s1. The van der Waals surface area contributed by atoms with Crippen molar-refractivity contribution in [3.8, 4) is 0 Å². The van der Waals surface area contributed by atoms with E-state index in [1.54, 1.807) is 0 Å². The second kappa shape index (κ2) is 7.99. The van der Waals surface area contributed by atoms with Gasteiger partial charge < -0.3 is 15.3 Å². The highest BCUT2D eigenvalue weighted by atomic mass is 16.3. The number of hydrogen-bond donors (Lipinski definition) is 3. The van der Waals surface area contributed by atoms with Crippen LogP contribution in [0.1, 0.15) is 86.5 Å². The first kappa shape index (κ1) is 23.5. The second-order valence-electron chi connectivity index (χ2n) is 12.5. The first-order chi connectivity index (χ1) is 14.4. The molecular weight excluding hydrogens is 384 g/mol. The Labute approximate surface area is 190 Å². The smallest absolute Gasteiger partial charge is 0.102 e. The molecule has 3 saturated carbocycles. The van der Waals surface area contributed by atoms with Crippen LogP contribution in [-0.2, 0) is 0 Å². The van der Waals surface area contributed by atoms with Crippen molar-refractivity contribution in [1.29, 1.82) is 0 Å². The fourth-order valence-electron chi connectivity index (χ4n) is 8.16. The molecule has 0 aliphatic heterocycles. The molecule has 0 unspecified atom stereocenters. The molecule has 0 radical (unpaired) electrons. The SMILES string of the molecule is CC(C)[C@@H](C)/C=C/[C@H](C)[C@H]1CC[C@H]2C3=C[C@@H](O)[C@@]4(O)C[C@@H](O)CC[C@]4(C)[C@H]3CC[C@]12C. The van der Waals surface area contributed by atoms with E-state index in [1.807, 2.05) is 6.08 Å². The molecule has 4 rings (SSSR count). The third-order valence-electron chi connectivity index (χ3n) is 10.7. The van der Waals surface area contributed by atoms with Crippen molar-refractivity contribution in [2.75, 3.05) is 0 Å². The van der Waals surface area contributed by atoms with E-state index < -0.39 is 17.8 Å². The van der Waals surface area contributed by atoms with E-state index in [2.05, 4.69) is 53.7 Å². The third kappa shape index (κ3) is 3.49. The molecule has 0 aromatic rings. The van der Waals surface area contributed by atoms with Crippen LogP contribution >= 0.6 is 0 Å². The number of aliphatic hydroxyl groups is 3. The van der Waals surface area contributed by atoms with Crippen molar-refractivity contribution < 1.29 is 15.3 Å². The maximum absolute atomic E-state index is 11.6. The van der Waals surface area contributed by atoms with Crippen molar-refractivity contribution in [2.45, 2.75) is 104 Å². The molecule has 3 N–H and O–H groups in total. The van der Waals surface area contributed by atoms with E-state index in [0.717, 1.165) is 19.3 Å². The predicted octanol–water partition coefficient (Wildman–Crippen LogP) is 5.50. The summed E-state index contributed by atoms with van der Waals surface area (Å²) in [5.41, 5.74) is 0.160. The normalized spacial score (nSPS) is 49.4. The van der Waals surface area contributed by atoms with Crippen LogP contribution in [0.15, 0.2) is 23.8 Å². The first-order valence-corrected chi connectivity index (χ1v) is 12.9. The molecule has 10 atom stereocenters. The van der Waals surface area contributed by atoms with Gasteiger partial charge in [0, 0.05) is 11.8 Å². The lowest BCUT2D eigenvalue weighted by Crippen LogP contribution is -2.65. The molecule has 3 heteroatoms. The van der Waals surface area contributed by atoms with Crippen molar-refractivity contribution >= 4 is 0 Å². The van der Waals surface area contributed by atoms with Crippen LogP contribution in [-0.4, -0.2) is 33.1 Å². The summed E-state index contributed by atoms with van der Waals surface area (Å²) in [6, 6.07) is 0. The molecule has 0 spiro atoms. The average molecular weight is 431 g/mol. The lowest BCUT2D eigenvalue weighted by atomic mass is 9.45. The molecule has 4 aliphatic carbocycles. The van der Waals surface area contributed by atoms with E-state index in [1.165, 1.54) is 24.8 Å². The van der Waals surface area contributed by atoms with Gasteiger partial charge in [0.25, 0.3) is 0 Å². The van der Waals surface area contributed by atoms with Crippen LogP contribution in [0.3, 0.4) is 0 Å². The van der Waals surface area contributed by atoms with Crippen LogP contribution in [0.5, 0.6) is 0 Å². The minimum Gasteiger partial charge on any atom is -0.393 e. The molecule has 3 fully saturated rings. The van der Waals surface area contributed by atoms with E-state index in [4.69, 9.17) is 0 Å². The second-order valence-corrected chi connectivity index (χ2v) is 12.5. The van der Waals surface area contributed by atoms with Crippen molar-refractivity contribution in [2.24, 2.45) is 46.3 Å². The van der Waals surface area contributed by atoms with Gasteiger partial charge in [-0.3, -0.25) is 0 Å². The maximum Gasteiger partial charge on any atom is 0.102 e. The van der Waals surface area contributed by atoms with Crippen molar-refractivity contribution in [3.63, 3.8) is 0 Å². The molecule has 0 amide bonds. The average Bonchev–Trinajstić information content (AvgIpc) is 3.05. The van der Waals surface area contributed by atoms with Gasteiger partial charge in [-0.05, 0) is 79.4 Å². The number of rotatable bonds is 4. The van der Waals surface area contributed by atoms with E-state index in [0.29, 0.717) is 41.9 Å². The van der Waals surface area contributed by atoms with Crippen LogP contribution in [0.25, 0.3) is 0 Å². The molecule has 3 nitrogen and oxygen atoms in total. The highest BCUT2D eigenvalue weighted by Crippen LogP contribution is 2.67. The Morgan fingerprint density at radius 3 is 2.32 bits per heavy atom. The summed E-state index contributed by atoms with van der Waals surface area (Å²) in [6.45, 7) is 14.0. The minimum atomic E-state index is -1.20. The summed E-state index contributed by atoms with van der Waals surface area (Å²) in [4.78, 5) is 0. The molecule has 4 aliphatic rings. The van der Waals surface area contributed by atoms with E-state index in [9.17, 15) is 15.3 Å². The number of hydrogen-bond acceptors (Lipinski definition) is 3. The number of allylic oxidation sites excluding steroid dienone is 3. The van der Waals surface area contributed by atoms with Crippen molar-refractivity contribution in [3.05, 3.63) is 23.8 Å². The molecule has 0 aromatic carbocycles. The molecule has 0 bridgehead atoms. The van der Waals surface area contributed by atoms with Gasteiger partial charge in [-0.1, -0.05) is 65.3 Å². The molecule has 0 aromatic heterocycles. The van der Waals surface area contributed by atoms with Crippen LogP contribution < -0.4 is 0 Å². The van der Waals surface area contributed by atoms with Gasteiger partial charge in [0.15, 0.2) is 0 Å². The quantitative estimate of drug-likeness (QED) is 0.516. The van der Waals surface area contributed by atoms with Gasteiger partial charge in [-0.15, -0.1) is 0 Å². The first-order valence-electron chi connectivity index (χ1n) is 12.9. The number of aliphatic hydroxyl groups excluding tert-OH is 2. The predicted molar refractivity (Wildman–Crippen MR) is 126 cm³/mol. The molecule has 176 valence electrons. The molecular formula is C28H46O3. The fourth-order valence-corrected chi connectivity index (χ4v) is 8.16. The highest BCUT2D eigenvalue weighted by molar-refractivity contribution is 5.33. The van der Waals surface area contributed by atoms with Gasteiger partial charge in [0.05, 0.1) is 6.10 Å². The Hall–Kier alpha value is -0.640. The monoisotopic (exact) mass is 430 g/mol. The van der Waals surface area contributed by atoms with E-state index >= 15 is 0 Å². The molecule has 0 heterocycles. The zero-order chi connectivity index (χ0) is 22.8. The summed E-state index contributed by atoms with van der Waals surface area (Å²) < 4.78 is 0. The van der Waals surface area contributed by atoms with Gasteiger partial charge in [0.2, 0.25) is 0 Å². The van der Waals surface area contributed by atoms with E-state index in [-0.39, 0.29) is 10.8 Å². The van der Waals surface area contributed by atoms with Gasteiger partial charge in [-0.25, -0.2) is 0 Å². The Morgan fingerprint density at radius 1 is 0.935 bits per heavy atom. The largest absolute Gasteiger partial charge is 0.393 e. The maximum atomic E-state index is 11.6. The summed E-state index contributed by atoms with van der Waals surface area (Å²) in [6.07, 6.45) is 12.1. The Morgan fingerprint density at radius 2 is 1.65 bits per heavy atom. The lowest BCUT2D eigenvalue weighted by molar-refractivity contribution is -0.210. The summed E-state index contributed by atoms with van der Waals surface area (Å²) in [5.74, 6) is 3.37. The van der Waals surface area contributed by atoms with Gasteiger partial charge in [0.1, 0.15) is 11.7 Å². The summed E-state index contributed by atoms with van der Waals surface area (Å²) >= 11 is 0. The highest BCUT2D eigenvalue weighted by Gasteiger charge is 2.64. The fraction of sp³-hybridized carbons (Fsp3) is 0.857. The third-order valence-corrected chi connectivity index (χ3v) is 10.7. The van der Waals surface area contributed by atoms with Crippen LogP contribution in [0.2, 0.25) is 0 Å². The van der Waals surface area contributed by atoms with Gasteiger partial charge >= 0.3 is 0 Å². The summed E-state index contributed by atoms with van der Waals surface area (Å²) in [7, 11) is 0. The van der Waals surface area contributed by atoms with Crippen molar-refractivity contribution in [1.82, 2.24) is 0 Å².